The van der Waals surface area contributed by atoms with Gasteiger partial charge >= 0.3 is 5.97 Å². The summed E-state index contributed by atoms with van der Waals surface area (Å²) in [5, 5.41) is 12.1. The molecule has 0 spiro atoms. The van der Waals surface area contributed by atoms with E-state index < -0.39 is 5.97 Å². The minimum absolute atomic E-state index is 0.0158. The zero-order valence-electron chi connectivity index (χ0n) is 11.1. The maximum absolute atomic E-state index is 10.8. The Balaban J connectivity index is 2.03. The zero-order valence-corrected chi connectivity index (χ0v) is 11.1. The molecule has 2 atom stereocenters. The van der Waals surface area contributed by atoms with Gasteiger partial charge in [0.1, 0.15) is 17.3 Å². The van der Waals surface area contributed by atoms with Crippen molar-refractivity contribution in [3.8, 4) is 0 Å². The summed E-state index contributed by atoms with van der Waals surface area (Å²) in [6.07, 6.45) is 0. The lowest BCUT2D eigenvalue weighted by atomic mass is 10.2. The third-order valence-corrected chi connectivity index (χ3v) is 2.95. The number of carboxylic acids is 1. The first-order chi connectivity index (χ1) is 8.97. The van der Waals surface area contributed by atoms with Crippen molar-refractivity contribution in [1.82, 2.24) is 5.32 Å². The first-order valence-electron chi connectivity index (χ1n) is 6.12. The molecule has 0 aliphatic carbocycles. The largest absolute Gasteiger partial charge is 0.475 e. The zero-order chi connectivity index (χ0) is 14.0. The normalized spacial score (nSPS) is 14.3. The number of furan rings is 2. The van der Waals surface area contributed by atoms with Crippen molar-refractivity contribution in [2.75, 3.05) is 0 Å². The lowest BCUT2D eigenvalue weighted by molar-refractivity contribution is 0.0659. The molecule has 19 heavy (non-hydrogen) atoms. The molecule has 0 fully saturated rings. The van der Waals surface area contributed by atoms with Crippen LogP contribution in [0, 0.1) is 6.92 Å². The van der Waals surface area contributed by atoms with Gasteiger partial charge in [0.15, 0.2) is 0 Å². The monoisotopic (exact) mass is 263 g/mol. The molecule has 0 aromatic carbocycles. The Hall–Kier alpha value is -2.01. The third-order valence-electron chi connectivity index (χ3n) is 2.95. The van der Waals surface area contributed by atoms with Crippen LogP contribution < -0.4 is 5.32 Å². The van der Waals surface area contributed by atoms with Crippen molar-refractivity contribution in [3.63, 3.8) is 0 Å². The highest BCUT2D eigenvalue weighted by atomic mass is 16.4. The number of hydrogen-bond donors (Lipinski definition) is 2. The van der Waals surface area contributed by atoms with Crippen LogP contribution in [0.1, 0.15) is 53.8 Å². The van der Waals surface area contributed by atoms with Gasteiger partial charge in [-0.3, -0.25) is 5.32 Å². The fourth-order valence-corrected chi connectivity index (χ4v) is 1.93. The van der Waals surface area contributed by atoms with E-state index >= 15 is 0 Å². The Kier molecular flexibility index (Phi) is 3.76. The van der Waals surface area contributed by atoms with Crippen LogP contribution in [0.3, 0.4) is 0 Å². The Morgan fingerprint density at radius 2 is 1.68 bits per heavy atom. The predicted molar refractivity (Wildman–Crippen MR) is 69.1 cm³/mol. The van der Waals surface area contributed by atoms with Gasteiger partial charge in [-0.15, -0.1) is 0 Å². The second kappa shape index (κ2) is 5.32. The van der Waals surface area contributed by atoms with Crippen LogP contribution in [0.25, 0.3) is 0 Å². The van der Waals surface area contributed by atoms with E-state index in [0.717, 1.165) is 11.5 Å². The van der Waals surface area contributed by atoms with Gasteiger partial charge in [-0.2, -0.15) is 0 Å². The van der Waals surface area contributed by atoms with Gasteiger partial charge in [0.2, 0.25) is 5.76 Å². The molecule has 2 aromatic rings. The molecule has 0 radical (unpaired) electrons. The summed E-state index contributed by atoms with van der Waals surface area (Å²) in [6, 6.07) is 6.87. The Morgan fingerprint density at radius 1 is 1.11 bits per heavy atom. The number of nitrogens with one attached hydrogen (secondary N) is 1. The molecule has 102 valence electrons. The number of aryl methyl sites for hydroxylation is 1. The van der Waals surface area contributed by atoms with Gasteiger partial charge in [0.25, 0.3) is 0 Å². The summed E-state index contributed by atoms with van der Waals surface area (Å²) in [6.45, 7) is 5.79. The molecule has 2 heterocycles. The lowest BCUT2D eigenvalue weighted by Crippen LogP contribution is -2.21. The van der Waals surface area contributed by atoms with Crippen LogP contribution in [-0.4, -0.2) is 11.1 Å². The van der Waals surface area contributed by atoms with Crippen molar-refractivity contribution in [1.29, 1.82) is 0 Å². The Labute approximate surface area is 111 Å². The Bertz CT molecular complexity index is 570. The molecule has 0 saturated carbocycles. The molecule has 5 nitrogen and oxygen atoms in total. The van der Waals surface area contributed by atoms with Crippen molar-refractivity contribution < 1.29 is 18.7 Å². The van der Waals surface area contributed by atoms with Crippen LogP contribution in [0.15, 0.2) is 33.1 Å². The quantitative estimate of drug-likeness (QED) is 0.865. The number of carbonyl (C=O) groups is 1. The van der Waals surface area contributed by atoms with Crippen molar-refractivity contribution in [2.24, 2.45) is 0 Å². The van der Waals surface area contributed by atoms with Crippen molar-refractivity contribution >= 4 is 5.97 Å². The van der Waals surface area contributed by atoms with E-state index in [1.165, 1.54) is 6.07 Å². The molecule has 0 aliphatic rings. The van der Waals surface area contributed by atoms with Crippen molar-refractivity contribution in [2.45, 2.75) is 32.9 Å². The van der Waals surface area contributed by atoms with E-state index in [0.29, 0.717) is 5.76 Å². The Morgan fingerprint density at radius 3 is 2.16 bits per heavy atom. The van der Waals surface area contributed by atoms with Crippen LogP contribution in [0.4, 0.5) is 0 Å². The summed E-state index contributed by atoms with van der Waals surface area (Å²) < 4.78 is 10.8. The van der Waals surface area contributed by atoms with E-state index in [-0.39, 0.29) is 17.8 Å². The maximum Gasteiger partial charge on any atom is 0.371 e. The highest BCUT2D eigenvalue weighted by Gasteiger charge is 2.17. The van der Waals surface area contributed by atoms with Gasteiger partial charge in [-0.05, 0) is 45.0 Å². The number of rotatable bonds is 5. The standard InChI is InChI=1S/C14H17NO4/c1-8-4-5-11(18-8)9(2)15-10(3)12-6-7-13(19-12)14(16)17/h4-7,9-10,15H,1-3H3,(H,16,17). The first kappa shape index (κ1) is 13.4. The summed E-state index contributed by atoms with van der Waals surface area (Å²) >= 11 is 0. The van der Waals surface area contributed by atoms with Crippen LogP contribution in [0.2, 0.25) is 0 Å². The maximum atomic E-state index is 10.8. The smallest absolute Gasteiger partial charge is 0.371 e. The molecule has 0 bridgehead atoms. The van der Waals surface area contributed by atoms with E-state index in [1.807, 2.05) is 32.9 Å². The van der Waals surface area contributed by atoms with Gasteiger partial charge in [0.05, 0.1) is 12.1 Å². The van der Waals surface area contributed by atoms with Crippen molar-refractivity contribution in [3.05, 3.63) is 47.3 Å². The van der Waals surface area contributed by atoms with Crippen LogP contribution >= 0.6 is 0 Å². The van der Waals surface area contributed by atoms with E-state index in [9.17, 15) is 4.79 Å². The minimum Gasteiger partial charge on any atom is -0.475 e. The second-order valence-electron chi connectivity index (χ2n) is 4.57. The summed E-state index contributed by atoms with van der Waals surface area (Å²) in [4.78, 5) is 10.8. The average Bonchev–Trinajstić information content (AvgIpc) is 2.96. The van der Waals surface area contributed by atoms with Gasteiger partial charge in [0, 0.05) is 0 Å². The number of carboxylic acid groups (broad SMARTS) is 1. The van der Waals surface area contributed by atoms with Gasteiger partial charge in [-0.1, -0.05) is 0 Å². The van der Waals surface area contributed by atoms with E-state index in [4.69, 9.17) is 13.9 Å². The SMILES string of the molecule is Cc1ccc(C(C)NC(C)c2ccc(C(=O)O)o2)o1. The summed E-state index contributed by atoms with van der Waals surface area (Å²) in [7, 11) is 0. The molecule has 2 unspecified atom stereocenters. The van der Waals surface area contributed by atoms with Crippen LogP contribution in [0.5, 0.6) is 0 Å². The lowest BCUT2D eigenvalue weighted by Gasteiger charge is -2.16. The number of hydrogen-bond acceptors (Lipinski definition) is 4. The van der Waals surface area contributed by atoms with Gasteiger partial charge in [-0.25, -0.2) is 4.79 Å². The molecule has 0 aliphatic heterocycles. The molecule has 5 heteroatoms. The third kappa shape index (κ3) is 3.06. The first-order valence-corrected chi connectivity index (χ1v) is 6.12. The molecule has 2 rings (SSSR count). The molecular weight excluding hydrogens is 246 g/mol. The highest BCUT2D eigenvalue weighted by Crippen LogP contribution is 2.22. The predicted octanol–water partition coefficient (Wildman–Crippen LogP) is 3.29. The minimum atomic E-state index is -1.06. The molecule has 2 N–H and O–H groups in total. The second-order valence-corrected chi connectivity index (χ2v) is 4.57. The van der Waals surface area contributed by atoms with E-state index in [1.54, 1.807) is 6.07 Å². The fraction of sp³-hybridized carbons (Fsp3) is 0.357. The highest BCUT2D eigenvalue weighted by molar-refractivity contribution is 5.84. The van der Waals surface area contributed by atoms with E-state index in [2.05, 4.69) is 5.32 Å². The molecule has 0 saturated heterocycles. The molecule has 0 amide bonds. The van der Waals surface area contributed by atoms with Gasteiger partial charge < -0.3 is 13.9 Å². The van der Waals surface area contributed by atoms with Crippen LogP contribution in [-0.2, 0) is 0 Å². The number of aromatic carboxylic acids is 1. The summed E-state index contributed by atoms with van der Waals surface area (Å²) in [5.74, 6) is 1.18. The molecular formula is C14H17NO4. The molecule has 2 aromatic heterocycles. The average molecular weight is 263 g/mol. The topological polar surface area (TPSA) is 75.6 Å². The fourth-order valence-electron chi connectivity index (χ4n) is 1.93. The summed E-state index contributed by atoms with van der Waals surface area (Å²) in [5.41, 5.74) is 0.